The van der Waals surface area contributed by atoms with E-state index in [-0.39, 0.29) is 24.1 Å². The van der Waals surface area contributed by atoms with Crippen molar-refractivity contribution < 1.29 is 27.5 Å². The lowest BCUT2D eigenvalue weighted by Gasteiger charge is -2.30. The second kappa shape index (κ2) is 9.56. The smallest absolute Gasteiger partial charge is 0.437 e. The summed E-state index contributed by atoms with van der Waals surface area (Å²) in [6.45, 7) is 3.81. The summed E-state index contributed by atoms with van der Waals surface area (Å²) in [7, 11) is 0. The number of esters is 1. The van der Waals surface area contributed by atoms with Crippen molar-refractivity contribution in [1.82, 2.24) is 4.90 Å². The van der Waals surface area contributed by atoms with Gasteiger partial charge in [0.05, 0.1) is 12.5 Å². The first-order valence-electron chi connectivity index (χ1n) is 8.63. The second-order valence-electron chi connectivity index (χ2n) is 6.03. The highest BCUT2D eigenvalue weighted by molar-refractivity contribution is 6.04. The first kappa shape index (κ1) is 20.2. The number of benzene rings is 1. The summed E-state index contributed by atoms with van der Waals surface area (Å²) in [6.07, 6.45) is -2.99. The molecule has 1 aliphatic heterocycles. The number of carbonyl (C=O) groups excluding carboxylic acids is 1. The monoisotopic (exact) mass is 372 g/mol. The van der Waals surface area contributed by atoms with Gasteiger partial charge in [0, 0.05) is 18.7 Å². The minimum absolute atomic E-state index is 0.0158. The van der Waals surface area contributed by atoms with Gasteiger partial charge in [0.25, 0.3) is 0 Å². The molecule has 1 aromatic rings. The van der Waals surface area contributed by atoms with Crippen molar-refractivity contribution in [3.8, 4) is 0 Å². The molecule has 0 aliphatic carbocycles. The minimum atomic E-state index is -4.60. The summed E-state index contributed by atoms with van der Waals surface area (Å²) in [4.78, 5) is 18.7. The van der Waals surface area contributed by atoms with Gasteiger partial charge in [0.15, 0.2) is 5.71 Å². The summed E-state index contributed by atoms with van der Waals surface area (Å²) in [6, 6.07) is 7.34. The third-order valence-corrected chi connectivity index (χ3v) is 4.10. The van der Waals surface area contributed by atoms with Gasteiger partial charge in [0.2, 0.25) is 0 Å². The average molecular weight is 372 g/mol. The maximum Gasteiger partial charge on any atom is 0.437 e. The lowest BCUT2D eigenvalue weighted by Crippen LogP contribution is -2.40. The largest absolute Gasteiger partial charge is 0.466 e. The Morgan fingerprint density at radius 1 is 1.31 bits per heavy atom. The maximum absolute atomic E-state index is 13.1. The highest BCUT2D eigenvalue weighted by atomic mass is 19.4. The average Bonchev–Trinajstić information content (AvgIpc) is 2.62. The maximum atomic E-state index is 13.1. The second-order valence-corrected chi connectivity index (χ2v) is 6.03. The molecule has 0 radical (unpaired) electrons. The van der Waals surface area contributed by atoms with E-state index in [1.807, 2.05) is 4.90 Å². The zero-order valence-corrected chi connectivity index (χ0v) is 14.7. The number of likely N-dealkylation sites (tertiary alicyclic amines) is 1. The number of oxime groups is 1. The lowest BCUT2D eigenvalue weighted by molar-refractivity contribution is -0.150. The van der Waals surface area contributed by atoms with Crippen molar-refractivity contribution in [2.45, 2.75) is 25.9 Å². The summed E-state index contributed by atoms with van der Waals surface area (Å²) < 4.78 is 44.4. The Hall–Kier alpha value is -2.09. The van der Waals surface area contributed by atoms with Crippen LogP contribution in [0, 0.1) is 5.92 Å². The number of hydrogen-bond donors (Lipinski definition) is 0. The number of rotatable bonds is 7. The Labute approximate surface area is 150 Å². The zero-order valence-electron chi connectivity index (χ0n) is 14.7. The van der Waals surface area contributed by atoms with Crippen LogP contribution in [0.4, 0.5) is 13.2 Å². The molecule has 1 fully saturated rings. The van der Waals surface area contributed by atoms with Gasteiger partial charge in [-0.05, 0) is 26.3 Å². The highest BCUT2D eigenvalue weighted by Gasteiger charge is 2.37. The van der Waals surface area contributed by atoms with Crippen molar-refractivity contribution in [2.75, 3.05) is 32.8 Å². The Balaban J connectivity index is 1.87. The van der Waals surface area contributed by atoms with E-state index in [1.54, 1.807) is 13.0 Å². The molecule has 0 aromatic heterocycles. The van der Waals surface area contributed by atoms with E-state index in [2.05, 4.69) is 5.16 Å². The summed E-state index contributed by atoms with van der Waals surface area (Å²) >= 11 is 0. The SMILES string of the molecule is CCOC(=O)[C@@H]1CCCN(CCON=C(c2ccccc2)C(F)(F)F)C1. The standard InChI is InChI=1S/C18H23F3N2O3/c1-2-25-17(24)15-9-6-10-23(13-15)11-12-26-22-16(18(19,20)21)14-7-4-3-5-8-14/h3-5,7-8,15H,2,6,9-13H2,1H3/t15-/m1/s1. The number of halogens is 3. The first-order chi connectivity index (χ1) is 12.4. The molecule has 2 rings (SSSR count). The van der Waals surface area contributed by atoms with Gasteiger partial charge in [-0.3, -0.25) is 9.69 Å². The fourth-order valence-electron chi connectivity index (χ4n) is 2.86. The molecule has 0 bridgehead atoms. The van der Waals surface area contributed by atoms with Crippen molar-refractivity contribution in [2.24, 2.45) is 11.1 Å². The van der Waals surface area contributed by atoms with Gasteiger partial charge in [0.1, 0.15) is 6.61 Å². The van der Waals surface area contributed by atoms with E-state index in [0.717, 1.165) is 19.4 Å². The molecule has 1 saturated heterocycles. The first-order valence-corrected chi connectivity index (χ1v) is 8.63. The fourth-order valence-corrected chi connectivity index (χ4v) is 2.86. The molecular formula is C18H23F3N2O3. The third kappa shape index (κ3) is 6.01. The van der Waals surface area contributed by atoms with Crippen molar-refractivity contribution in [3.05, 3.63) is 35.9 Å². The predicted octanol–water partition coefficient (Wildman–Crippen LogP) is 3.24. The quantitative estimate of drug-likeness (QED) is 0.319. The van der Waals surface area contributed by atoms with Crippen molar-refractivity contribution in [3.63, 3.8) is 0 Å². The number of nitrogens with zero attached hydrogens (tertiary/aromatic N) is 2. The molecule has 0 saturated carbocycles. The molecule has 0 amide bonds. The molecule has 0 N–H and O–H groups in total. The van der Waals surface area contributed by atoms with Crippen LogP contribution in [-0.2, 0) is 14.4 Å². The summed E-state index contributed by atoms with van der Waals surface area (Å²) in [5.74, 6) is -0.415. The van der Waals surface area contributed by atoms with E-state index in [1.165, 1.54) is 24.3 Å². The van der Waals surface area contributed by atoms with E-state index in [4.69, 9.17) is 9.57 Å². The molecule has 0 unspecified atom stereocenters. The van der Waals surface area contributed by atoms with Crippen LogP contribution < -0.4 is 0 Å². The van der Waals surface area contributed by atoms with Crippen LogP contribution in [0.5, 0.6) is 0 Å². The summed E-state index contributed by atoms with van der Waals surface area (Å²) in [5.41, 5.74) is -1.10. The molecule has 1 atom stereocenters. The van der Waals surface area contributed by atoms with Crippen molar-refractivity contribution in [1.29, 1.82) is 0 Å². The minimum Gasteiger partial charge on any atom is -0.466 e. The van der Waals surface area contributed by atoms with Crippen LogP contribution >= 0.6 is 0 Å². The van der Waals surface area contributed by atoms with E-state index in [9.17, 15) is 18.0 Å². The van der Waals surface area contributed by atoms with Gasteiger partial charge in [-0.15, -0.1) is 0 Å². The Morgan fingerprint density at radius 2 is 2.04 bits per heavy atom. The number of ether oxygens (including phenoxy) is 1. The van der Waals surface area contributed by atoms with Crippen LogP contribution in [0.15, 0.2) is 35.5 Å². The number of piperidine rings is 1. The molecule has 8 heteroatoms. The molecular weight excluding hydrogens is 349 g/mol. The molecule has 1 heterocycles. The van der Waals surface area contributed by atoms with E-state index in [0.29, 0.717) is 19.7 Å². The van der Waals surface area contributed by atoms with Crippen LogP contribution in [0.25, 0.3) is 0 Å². The Morgan fingerprint density at radius 3 is 2.69 bits per heavy atom. The van der Waals surface area contributed by atoms with Gasteiger partial charge in [-0.1, -0.05) is 35.5 Å². The number of alkyl halides is 3. The van der Waals surface area contributed by atoms with Crippen LogP contribution in [0.3, 0.4) is 0 Å². The predicted molar refractivity (Wildman–Crippen MR) is 90.8 cm³/mol. The Kier molecular flexibility index (Phi) is 7.44. The molecule has 26 heavy (non-hydrogen) atoms. The topological polar surface area (TPSA) is 51.1 Å². The third-order valence-electron chi connectivity index (χ3n) is 4.10. The molecule has 1 aromatic carbocycles. The van der Waals surface area contributed by atoms with Crippen LogP contribution in [0.1, 0.15) is 25.3 Å². The number of hydrogen-bond acceptors (Lipinski definition) is 5. The van der Waals surface area contributed by atoms with Crippen molar-refractivity contribution >= 4 is 11.7 Å². The highest BCUT2D eigenvalue weighted by Crippen LogP contribution is 2.23. The van der Waals surface area contributed by atoms with Gasteiger partial charge in [-0.2, -0.15) is 13.2 Å². The molecule has 5 nitrogen and oxygen atoms in total. The fraction of sp³-hybridized carbons (Fsp3) is 0.556. The normalized spacial score (nSPS) is 19.2. The van der Waals surface area contributed by atoms with Crippen LogP contribution in [-0.4, -0.2) is 55.6 Å². The summed E-state index contributed by atoms with van der Waals surface area (Å²) in [5, 5.41) is 3.31. The zero-order chi connectivity index (χ0) is 19.0. The Bertz CT molecular complexity index is 605. The molecule has 144 valence electrons. The molecule has 1 aliphatic rings. The van der Waals surface area contributed by atoms with E-state index >= 15 is 0 Å². The molecule has 0 spiro atoms. The number of carbonyl (C=O) groups is 1. The lowest BCUT2D eigenvalue weighted by atomic mass is 9.98. The van der Waals surface area contributed by atoms with Gasteiger partial charge >= 0.3 is 12.1 Å². The van der Waals surface area contributed by atoms with Gasteiger partial charge < -0.3 is 9.57 Å². The van der Waals surface area contributed by atoms with Gasteiger partial charge in [-0.25, -0.2) is 0 Å². The van der Waals surface area contributed by atoms with E-state index < -0.39 is 11.9 Å². The van der Waals surface area contributed by atoms with Crippen LogP contribution in [0.2, 0.25) is 0 Å².